The van der Waals surface area contributed by atoms with Gasteiger partial charge in [0.25, 0.3) is 0 Å². The lowest BCUT2D eigenvalue weighted by Crippen LogP contribution is -2.33. The third-order valence-electron chi connectivity index (χ3n) is 4.15. The molecule has 0 amide bonds. The third kappa shape index (κ3) is 3.93. The number of hydrogen-bond donors (Lipinski definition) is 1. The van der Waals surface area contributed by atoms with E-state index in [9.17, 15) is 5.11 Å². The molecule has 22 heavy (non-hydrogen) atoms. The quantitative estimate of drug-likeness (QED) is 0.812. The Morgan fingerprint density at radius 1 is 1.27 bits per heavy atom. The van der Waals surface area contributed by atoms with Gasteiger partial charge in [-0.2, -0.15) is 4.98 Å². The third-order valence-corrected chi connectivity index (χ3v) is 4.15. The van der Waals surface area contributed by atoms with Crippen molar-refractivity contribution in [1.82, 2.24) is 15.0 Å². The van der Waals surface area contributed by atoms with E-state index in [4.69, 9.17) is 4.52 Å². The zero-order valence-corrected chi connectivity index (χ0v) is 13.0. The minimum absolute atomic E-state index is 0.187. The summed E-state index contributed by atoms with van der Waals surface area (Å²) in [6, 6.07) is 10.6. The summed E-state index contributed by atoms with van der Waals surface area (Å²) in [7, 11) is 0. The van der Waals surface area contributed by atoms with E-state index in [2.05, 4.69) is 34.1 Å². The Hall–Kier alpha value is -1.72. The molecule has 1 heterocycles. The van der Waals surface area contributed by atoms with Crippen molar-refractivity contribution in [2.45, 2.75) is 51.2 Å². The molecular weight excluding hydrogens is 278 g/mol. The summed E-state index contributed by atoms with van der Waals surface area (Å²) >= 11 is 0. The first kappa shape index (κ1) is 15.2. The van der Waals surface area contributed by atoms with Crippen LogP contribution >= 0.6 is 0 Å². The highest BCUT2D eigenvalue weighted by molar-refractivity contribution is 5.14. The van der Waals surface area contributed by atoms with Crippen molar-refractivity contribution in [2.24, 2.45) is 0 Å². The summed E-state index contributed by atoms with van der Waals surface area (Å²) in [5.74, 6) is 2.01. The molecule has 0 saturated heterocycles. The van der Waals surface area contributed by atoms with Gasteiger partial charge in [0.2, 0.25) is 5.89 Å². The monoisotopic (exact) mass is 301 g/mol. The smallest absolute Gasteiger partial charge is 0.229 e. The molecule has 5 nitrogen and oxygen atoms in total. The van der Waals surface area contributed by atoms with Crippen LogP contribution in [0.2, 0.25) is 0 Å². The Morgan fingerprint density at radius 3 is 2.73 bits per heavy atom. The van der Waals surface area contributed by atoms with Crippen LogP contribution < -0.4 is 0 Å². The van der Waals surface area contributed by atoms with Crippen LogP contribution in [0.15, 0.2) is 34.9 Å². The summed E-state index contributed by atoms with van der Waals surface area (Å²) < 4.78 is 5.34. The maximum atomic E-state index is 9.23. The van der Waals surface area contributed by atoms with E-state index in [0.717, 1.165) is 37.5 Å². The standard InChI is InChI=1S/C17H23N3O2/c1-13(9-10-21)20(11-14-5-3-2-4-6-14)12-16-18-17(22-19-16)15-7-8-15/h2-6,13,15,21H,7-12H2,1H3. The number of aromatic nitrogens is 2. The molecule has 1 aliphatic rings. The van der Waals surface area contributed by atoms with Crippen molar-refractivity contribution in [2.75, 3.05) is 6.61 Å². The van der Waals surface area contributed by atoms with Crippen LogP contribution in [0.4, 0.5) is 0 Å². The molecule has 5 heteroatoms. The van der Waals surface area contributed by atoms with Crippen LogP contribution in [-0.2, 0) is 13.1 Å². The number of aliphatic hydroxyl groups excluding tert-OH is 1. The molecule has 1 aromatic heterocycles. The molecule has 1 aromatic carbocycles. The molecule has 0 spiro atoms. The van der Waals surface area contributed by atoms with Crippen LogP contribution in [0.1, 0.15) is 49.4 Å². The predicted octanol–water partition coefficient (Wildman–Crippen LogP) is 2.72. The molecule has 1 unspecified atom stereocenters. The van der Waals surface area contributed by atoms with Gasteiger partial charge in [0, 0.05) is 25.1 Å². The highest BCUT2D eigenvalue weighted by Crippen LogP contribution is 2.38. The molecule has 3 rings (SSSR count). The lowest BCUT2D eigenvalue weighted by atomic mass is 10.1. The van der Waals surface area contributed by atoms with Gasteiger partial charge in [0.15, 0.2) is 5.82 Å². The Kier molecular flexibility index (Phi) is 4.85. The number of nitrogens with zero attached hydrogens (tertiary/aromatic N) is 3. The van der Waals surface area contributed by atoms with Gasteiger partial charge in [0.1, 0.15) is 0 Å². The van der Waals surface area contributed by atoms with E-state index in [1.54, 1.807) is 0 Å². The van der Waals surface area contributed by atoms with Crippen LogP contribution in [0.3, 0.4) is 0 Å². The lowest BCUT2D eigenvalue weighted by Gasteiger charge is -2.27. The molecule has 1 atom stereocenters. The molecule has 1 fully saturated rings. The number of aliphatic hydroxyl groups is 1. The summed E-state index contributed by atoms with van der Waals surface area (Å²) in [5, 5.41) is 13.3. The summed E-state index contributed by atoms with van der Waals surface area (Å²) in [4.78, 5) is 6.80. The fraction of sp³-hybridized carbons (Fsp3) is 0.529. The molecule has 1 saturated carbocycles. The first-order chi connectivity index (χ1) is 10.8. The van der Waals surface area contributed by atoms with Crippen molar-refractivity contribution < 1.29 is 9.63 Å². The van der Waals surface area contributed by atoms with Gasteiger partial charge in [-0.1, -0.05) is 35.5 Å². The topological polar surface area (TPSA) is 62.4 Å². The van der Waals surface area contributed by atoms with E-state index in [0.29, 0.717) is 12.5 Å². The summed E-state index contributed by atoms with van der Waals surface area (Å²) in [6.45, 7) is 3.77. The Bertz CT molecular complexity index is 581. The summed E-state index contributed by atoms with van der Waals surface area (Å²) in [5.41, 5.74) is 1.25. The fourth-order valence-electron chi connectivity index (χ4n) is 2.56. The second kappa shape index (κ2) is 7.03. The molecule has 0 bridgehead atoms. The van der Waals surface area contributed by atoms with Crippen LogP contribution in [0.5, 0.6) is 0 Å². The Balaban J connectivity index is 1.69. The van der Waals surface area contributed by atoms with Crippen molar-refractivity contribution in [1.29, 1.82) is 0 Å². The largest absolute Gasteiger partial charge is 0.396 e. The highest BCUT2D eigenvalue weighted by atomic mass is 16.5. The molecule has 0 radical (unpaired) electrons. The van der Waals surface area contributed by atoms with Gasteiger partial charge in [-0.25, -0.2) is 0 Å². The van der Waals surface area contributed by atoms with E-state index in [1.165, 1.54) is 5.56 Å². The van der Waals surface area contributed by atoms with Gasteiger partial charge in [-0.3, -0.25) is 4.90 Å². The first-order valence-electron chi connectivity index (χ1n) is 7.97. The van der Waals surface area contributed by atoms with Crippen molar-refractivity contribution in [3.63, 3.8) is 0 Å². The Labute approximate surface area is 131 Å². The molecule has 118 valence electrons. The van der Waals surface area contributed by atoms with E-state index in [-0.39, 0.29) is 12.6 Å². The highest BCUT2D eigenvalue weighted by Gasteiger charge is 2.30. The number of hydrogen-bond acceptors (Lipinski definition) is 5. The van der Waals surface area contributed by atoms with Gasteiger partial charge in [-0.05, 0) is 31.7 Å². The number of rotatable bonds is 8. The fourth-order valence-corrected chi connectivity index (χ4v) is 2.56. The van der Waals surface area contributed by atoms with E-state index >= 15 is 0 Å². The van der Waals surface area contributed by atoms with Crippen LogP contribution in [0.25, 0.3) is 0 Å². The number of benzene rings is 1. The second-order valence-corrected chi connectivity index (χ2v) is 6.08. The van der Waals surface area contributed by atoms with Crippen LogP contribution in [0, 0.1) is 0 Å². The van der Waals surface area contributed by atoms with Crippen LogP contribution in [-0.4, -0.2) is 32.8 Å². The minimum atomic E-state index is 0.187. The van der Waals surface area contributed by atoms with Gasteiger partial charge in [0.05, 0.1) is 6.54 Å². The van der Waals surface area contributed by atoms with Gasteiger partial charge < -0.3 is 9.63 Å². The first-order valence-corrected chi connectivity index (χ1v) is 7.97. The average molecular weight is 301 g/mol. The maximum absolute atomic E-state index is 9.23. The minimum Gasteiger partial charge on any atom is -0.396 e. The molecule has 1 N–H and O–H groups in total. The SMILES string of the molecule is CC(CCO)N(Cc1ccccc1)Cc1noc(C2CC2)n1. The summed E-state index contributed by atoms with van der Waals surface area (Å²) in [6.07, 6.45) is 3.06. The van der Waals surface area contributed by atoms with Gasteiger partial charge >= 0.3 is 0 Å². The van der Waals surface area contributed by atoms with Crippen molar-refractivity contribution in [3.8, 4) is 0 Å². The zero-order valence-electron chi connectivity index (χ0n) is 13.0. The average Bonchev–Trinajstić information content (AvgIpc) is 3.28. The molecule has 2 aromatic rings. The zero-order chi connectivity index (χ0) is 15.4. The maximum Gasteiger partial charge on any atom is 0.229 e. The normalized spacial score (nSPS) is 16.1. The predicted molar refractivity (Wildman–Crippen MR) is 83.1 cm³/mol. The van der Waals surface area contributed by atoms with Crippen molar-refractivity contribution >= 4 is 0 Å². The second-order valence-electron chi connectivity index (χ2n) is 6.08. The molecule has 0 aliphatic heterocycles. The van der Waals surface area contributed by atoms with Crippen molar-refractivity contribution in [3.05, 3.63) is 47.6 Å². The van der Waals surface area contributed by atoms with Gasteiger partial charge in [-0.15, -0.1) is 0 Å². The molecular formula is C17H23N3O2. The lowest BCUT2D eigenvalue weighted by molar-refractivity contribution is 0.149. The van der Waals surface area contributed by atoms with E-state index in [1.807, 2.05) is 18.2 Å². The molecule has 1 aliphatic carbocycles. The van der Waals surface area contributed by atoms with E-state index < -0.39 is 0 Å². The Morgan fingerprint density at radius 2 is 2.05 bits per heavy atom.